The second-order valence-corrected chi connectivity index (χ2v) is 4.22. The minimum atomic E-state index is 1.12. The molecule has 1 N–H and O–H groups in total. The third-order valence-corrected chi connectivity index (χ3v) is 3.24. The van der Waals surface area contributed by atoms with Crippen molar-refractivity contribution >= 4 is 0 Å². The highest BCUT2D eigenvalue weighted by molar-refractivity contribution is 5.16. The van der Waals surface area contributed by atoms with Gasteiger partial charge in [0.15, 0.2) is 0 Å². The zero-order chi connectivity index (χ0) is 10.7. The van der Waals surface area contributed by atoms with Gasteiger partial charge >= 0.3 is 0 Å². The molecule has 1 saturated heterocycles. The van der Waals surface area contributed by atoms with Crippen LogP contribution in [0.5, 0.6) is 0 Å². The molecule has 0 spiro atoms. The summed E-state index contributed by atoms with van der Waals surface area (Å²) in [7, 11) is 2.00. The molecule has 0 unspecified atom stereocenters. The minimum absolute atomic E-state index is 1.12. The van der Waals surface area contributed by atoms with Gasteiger partial charge < -0.3 is 10.2 Å². The van der Waals surface area contributed by atoms with Crippen LogP contribution in [0.2, 0.25) is 0 Å². The first-order valence-electron chi connectivity index (χ1n) is 5.68. The average molecular weight is 208 g/mol. The summed E-state index contributed by atoms with van der Waals surface area (Å²) in [5, 5.41) is 7.64. The van der Waals surface area contributed by atoms with E-state index in [1.165, 1.54) is 24.3 Å². The summed E-state index contributed by atoms with van der Waals surface area (Å²) in [6, 6.07) is 0. The number of nitrogens with zero attached hydrogens (tertiary/aromatic N) is 3. The lowest BCUT2D eigenvalue weighted by Gasteiger charge is -2.26. The molecular weight excluding hydrogens is 188 g/mol. The van der Waals surface area contributed by atoms with Gasteiger partial charge in [0.2, 0.25) is 0 Å². The molecule has 0 aromatic carbocycles. The molecule has 1 aromatic heterocycles. The van der Waals surface area contributed by atoms with Gasteiger partial charge in [0.25, 0.3) is 0 Å². The van der Waals surface area contributed by atoms with Crippen LogP contribution in [0, 0.1) is 6.92 Å². The molecule has 0 aliphatic carbocycles. The van der Waals surface area contributed by atoms with Crippen LogP contribution < -0.4 is 5.32 Å². The van der Waals surface area contributed by atoms with Crippen molar-refractivity contribution < 1.29 is 0 Å². The third kappa shape index (κ3) is 2.58. The van der Waals surface area contributed by atoms with Crippen LogP contribution in [0.3, 0.4) is 0 Å². The first kappa shape index (κ1) is 10.6. The van der Waals surface area contributed by atoms with E-state index in [2.05, 4.69) is 22.2 Å². The summed E-state index contributed by atoms with van der Waals surface area (Å²) in [4.78, 5) is 2.52. The van der Waals surface area contributed by atoms with Gasteiger partial charge in [-0.05, 0) is 18.9 Å². The Bertz CT molecular complexity index is 312. The largest absolute Gasteiger partial charge is 0.314 e. The Morgan fingerprint density at radius 3 is 2.73 bits per heavy atom. The maximum absolute atomic E-state index is 4.27. The highest BCUT2D eigenvalue weighted by Gasteiger charge is 2.10. The molecule has 1 fully saturated rings. The van der Waals surface area contributed by atoms with E-state index in [1.54, 1.807) is 0 Å². The number of aromatic nitrogens is 2. The highest BCUT2D eigenvalue weighted by Crippen LogP contribution is 2.07. The molecule has 2 heterocycles. The lowest BCUT2D eigenvalue weighted by molar-refractivity contribution is 0.244. The molecule has 0 radical (unpaired) electrons. The van der Waals surface area contributed by atoms with E-state index < -0.39 is 0 Å². The molecular formula is C11H20N4. The Morgan fingerprint density at radius 2 is 2.13 bits per heavy atom. The van der Waals surface area contributed by atoms with Crippen molar-refractivity contribution in [2.45, 2.75) is 13.3 Å². The van der Waals surface area contributed by atoms with Crippen molar-refractivity contribution in [3.63, 3.8) is 0 Å². The second-order valence-electron chi connectivity index (χ2n) is 4.22. The van der Waals surface area contributed by atoms with Crippen LogP contribution >= 0.6 is 0 Å². The topological polar surface area (TPSA) is 33.1 Å². The minimum Gasteiger partial charge on any atom is -0.314 e. The molecule has 4 heteroatoms. The number of nitrogens with one attached hydrogen (secondary N) is 1. The molecule has 0 bridgehead atoms. The van der Waals surface area contributed by atoms with Crippen molar-refractivity contribution in [2.24, 2.45) is 7.05 Å². The maximum Gasteiger partial charge on any atom is 0.0524 e. The first-order valence-corrected chi connectivity index (χ1v) is 5.68. The summed E-state index contributed by atoms with van der Waals surface area (Å²) in [5.74, 6) is 0. The van der Waals surface area contributed by atoms with Gasteiger partial charge in [-0.2, -0.15) is 5.10 Å². The number of hydrogen-bond acceptors (Lipinski definition) is 3. The van der Waals surface area contributed by atoms with Crippen LogP contribution in [0.25, 0.3) is 0 Å². The van der Waals surface area contributed by atoms with E-state index in [0.717, 1.165) is 26.1 Å². The van der Waals surface area contributed by atoms with E-state index in [-0.39, 0.29) is 0 Å². The average Bonchev–Trinajstić information content (AvgIpc) is 2.59. The number of rotatable bonds is 3. The normalized spacial score (nSPS) is 18.3. The number of aryl methyl sites for hydroxylation is 1. The SMILES string of the molecule is Cc1c(CCN2CCNCC2)cnn1C. The van der Waals surface area contributed by atoms with Gasteiger partial charge in [0.05, 0.1) is 6.20 Å². The van der Waals surface area contributed by atoms with Crippen molar-refractivity contribution in [1.29, 1.82) is 0 Å². The second kappa shape index (κ2) is 4.77. The van der Waals surface area contributed by atoms with Crippen LogP contribution in [0.1, 0.15) is 11.3 Å². The summed E-state index contributed by atoms with van der Waals surface area (Å²) in [5.41, 5.74) is 2.68. The van der Waals surface area contributed by atoms with E-state index in [9.17, 15) is 0 Å². The van der Waals surface area contributed by atoms with Gasteiger partial charge in [0.1, 0.15) is 0 Å². The molecule has 1 aromatic rings. The number of piperazine rings is 1. The number of hydrogen-bond donors (Lipinski definition) is 1. The van der Waals surface area contributed by atoms with Crippen LogP contribution in [-0.4, -0.2) is 47.4 Å². The molecule has 1 aliphatic rings. The van der Waals surface area contributed by atoms with Gasteiger partial charge in [-0.15, -0.1) is 0 Å². The molecule has 0 atom stereocenters. The van der Waals surface area contributed by atoms with Gasteiger partial charge in [-0.1, -0.05) is 0 Å². The Balaban J connectivity index is 1.84. The fourth-order valence-electron chi connectivity index (χ4n) is 2.00. The maximum atomic E-state index is 4.27. The van der Waals surface area contributed by atoms with Crippen molar-refractivity contribution in [2.75, 3.05) is 32.7 Å². The molecule has 4 nitrogen and oxygen atoms in total. The van der Waals surface area contributed by atoms with E-state index >= 15 is 0 Å². The Morgan fingerprint density at radius 1 is 1.40 bits per heavy atom. The summed E-state index contributed by atoms with van der Waals surface area (Å²) in [6.45, 7) is 7.92. The monoisotopic (exact) mass is 208 g/mol. The lowest BCUT2D eigenvalue weighted by Crippen LogP contribution is -2.44. The molecule has 0 saturated carbocycles. The first-order chi connectivity index (χ1) is 7.27. The fourth-order valence-corrected chi connectivity index (χ4v) is 2.00. The highest BCUT2D eigenvalue weighted by atomic mass is 15.3. The zero-order valence-corrected chi connectivity index (χ0v) is 9.66. The van der Waals surface area contributed by atoms with Gasteiger partial charge in [-0.25, -0.2) is 0 Å². The third-order valence-electron chi connectivity index (χ3n) is 3.24. The van der Waals surface area contributed by atoms with E-state index in [4.69, 9.17) is 0 Å². The van der Waals surface area contributed by atoms with Crippen LogP contribution in [-0.2, 0) is 13.5 Å². The molecule has 1 aliphatic heterocycles. The fraction of sp³-hybridized carbons (Fsp3) is 0.727. The quantitative estimate of drug-likeness (QED) is 0.769. The molecule has 15 heavy (non-hydrogen) atoms. The smallest absolute Gasteiger partial charge is 0.0524 e. The lowest BCUT2D eigenvalue weighted by atomic mass is 10.2. The van der Waals surface area contributed by atoms with Crippen molar-refractivity contribution in [3.8, 4) is 0 Å². The van der Waals surface area contributed by atoms with Crippen LogP contribution in [0.4, 0.5) is 0 Å². The Hall–Kier alpha value is -0.870. The zero-order valence-electron chi connectivity index (χ0n) is 9.66. The predicted molar refractivity (Wildman–Crippen MR) is 61.0 cm³/mol. The molecule has 2 rings (SSSR count). The Labute approximate surface area is 91.3 Å². The van der Waals surface area contributed by atoms with Crippen molar-refractivity contribution in [3.05, 3.63) is 17.5 Å². The molecule has 84 valence electrons. The summed E-state index contributed by atoms with van der Waals surface area (Å²) >= 11 is 0. The standard InChI is InChI=1S/C11H20N4/c1-10-11(9-13-14(10)2)3-6-15-7-4-12-5-8-15/h9,12H,3-8H2,1-2H3. The van der Waals surface area contributed by atoms with Gasteiger partial charge in [0, 0.05) is 45.5 Å². The summed E-state index contributed by atoms with van der Waals surface area (Å²) < 4.78 is 1.95. The van der Waals surface area contributed by atoms with E-state index in [0.29, 0.717) is 0 Å². The summed E-state index contributed by atoms with van der Waals surface area (Å²) in [6.07, 6.45) is 3.12. The Kier molecular flexibility index (Phi) is 3.38. The van der Waals surface area contributed by atoms with Gasteiger partial charge in [-0.3, -0.25) is 4.68 Å². The van der Waals surface area contributed by atoms with Crippen LogP contribution in [0.15, 0.2) is 6.20 Å². The van der Waals surface area contributed by atoms with E-state index in [1.807, 2.05) is 17.9 Å². The predicted octanol–water partition coefficient (Wildman–Crippen LogP) is 0.176. The van der Waals surface area contributed by atoms with Crippen molar-refractivity contribution in [1.82, 2.24) is 20.0 Å². The molecule has 0 amide bonds.